The Kier molecular flexibility index (Phi) is 8.74. The second-order valence-corrected chi connectivity index (χ2v) is 9.74. The van der Waals surface area contributed by atoms with E-state index in [1.54, 1.807) is 0 Å². The molecule has 184 valence electrons. The molecular weight excluding hydrogens is 435 g/mol. The molecule has 0 bridgehead atoms. The Morgan fingerprint density at radius 2 is 1.29 bits per heavy atom. The van der Waals surface area contributed by atoms with Crippen molar-refractivity contribution in [2.24, 2.45) is 0 Å². The van der Waals surface area contributed by atoms with Gasteiger partial charge >= 0.3 is 5.63 Å². The quantitative estimate of drug-likeness (QED) is 0.117. The van der Waals surface area contributed by atoms with E-state index in [0.717, 1.165) is 42.2 Å². The number of fused-ring (bicyclic) bond motifs is 3. The van der Waals surface area contributed by atoms with Crippen LogP contribution in [-0.4, -0.2) is 0 Å². The molecule has 0 unspecified atom stereocenters. The molecule has 0 spiro atoms. The van der Waals surface area contributed by atoms with Crippen LogP contribution in [0.4, 0.5) is 4.39 Å². The highest BCUT2D eigenvalue weighted by molar-refractivity contribution is 6.05. The molecule has 1 heterocycles. The molecular formula is C32H37FO2. The maximum absolute atomic E-state index is 15.1. The Morgan fingerprint density at radius 1 is 0.657 bits per heavy atom. The lowest BCUT2D eigenvalue weighted by atomic mass is 9.97. The molecule has 0 saturated carbocycles. The van der Waals surface area contributed by atoms with Gasteiger partial charge in [-0.3, -0.25) is 0 Å². The van der Waals surface area contributed by atoms with E-state index in [2.05, 4.69) is 38.1 Å². The van der Waals surface area contributed by atoms with Crippen LogP contribution in [0.25, 0.3) is 32.9 Å². The molecule has 0 saturated heterocycles. The largest absolute Gasteiger partial charge is 0.419 e. The summed E-state index contributed by atoms with van der Waals surface area (Å²) in [6, 6.07) is 18.1. The number of benzene rings is 3. The second-order valence-electron chi connectivity index (χ2n) is 9.74. The van der Waals surface area contributed by atoms with Crippen LogP contribution in [0.2, 0.25) is 0 Å². The van der Waals surface area contributed by atoms with Gasteiger partial charge in [0.25, 0.3) is 0 Å². The van der Waals surface area contributed by atoms with Crippen molar-refractivity contribution < 1.29 is 8.81 Å². The van der Waals surface area contributed by atoms with Crippen molar-refractivity contribution in [1.82, 2.24) is 0 Å². The predicted molar refractivity (Wildman–Crippen MR) is 146 cm³/mol. The van der Waals surface area contributed by atoms with Crippen molar-refractivity contribution in [2.45, 2.75) is 84.5 Å². The number of aryl methyl sites for hydroxylation is 2. The maximum Gasteiger partial charge on any atom is 0.344 e. The van der Waals surface area contributed by atoms with E-state index in [4.69, 9.17) is 4.42 Å². The van der Waals surface area contributed by atoms with Gasteiger partial charge in [-0.05, 0) is 54.0 Å². The lowest BCUT2D eigenvalue weighted by Crippen LogP contribution is -2.02. The Hall–Kier alpha value is -2.94. The highest BCUT2D eigenvalue weighted by atomic mass is 19.1. The number of halogens is 1. The molecule has 3 heteroatoms. The third kappa shape index (κ3) is 6.01. The molecule has 0 radical (unpaired) electrons. The molecule has 0 amide bonds. The summed E-state index contributed by atoms with van der Waals surface area (Å²) < 4.78 is 20.6. The Bertz CT molecular complexity index is 1320. The van der Waals surface area contributed by atoms with E-state index >= 15 is 4.39 Å². The number of unbranched alkanes of at least 4 members (excludes halogenated alkanes) is 7. The summed E-state index contributed by atoms with van der Waals surface area (Å²) in [6.45, 7) is 4.37. The van der Waals surface area contributed by atoms with Crippen molar-refractivity contribution in [2.75, 3.05) is 0 Å². The fourth-order valence-electron chi connectivity index (χ4n) is 4.92. The number of rotatable bonds is 12. The minimum atomic E-state index is -0.487. The van der Waals surface area contributed by atoms with Gasteiger partial charge in [0.2, 0.25) is 0 Å². The fraction of sp³-hybridized carbons (Fsp3) is 0.406. The second kappa shape index (κ2) is 12.2. The first-order chi connectivity index (χ1) is 17.1. The summed E-state index contributed by atoms with van der Waals surface area (Å²) in [7, 11) is 0. The Morgan fingerprint density at radius 3 is 2.06 bits per heavy atom. The van der Waals surface area contributed by atoms with Gasteiger partial charge < -0.3 is 4.42 Å². The fourth-order valence-corrected chi connectivity index (χ4v) is 4.92. The van der Waals surface area contributed by atoms with E-state index in [1.807, 2.05) is 30.3 Å². The molecule has 0 fully saturated rings. The predicted octanol–water partition coefficient (Wildman–Crippen LogP) is 9.39. The first-order valence-electron chi connectivity index (χ1n) is 13.4. The molecule has 2 nitrogen and oxygen atoms in total. The highest BCUT2D eigenvalue weighted by Gasteiger charge is 2.15. The lowest BCUT2D eigenvalue weighted by molar-refractivity contribution is 0.522. The molecule has 4 rings (SSSR count). The average Bonchev–Trinajstić information content (AvgIpc) is 2.88. The molecule has 3 aromatic carbocycles. The van der Waals surface area contributed by atoms with Gasteiger partial charge in [-0.1, -0.05) is 107 Å². The van der Waals surface area contributed by atoms with Crippen molar-refractivity contribution >= 4 is 21.7 Å². The number of hydrogen-bond acceptors (Lipinski definition) is 2. The summed E-state index contributed by atoms with van der Waals surface area (Å²) in [5, 5.41) is 1.88. The molecule has 4 aromatic rings. The van der Waals surface area contributed by atoms with E-state index < -0.39 is 11.4 Å². The molecule has 35 heavy (non-hydrogen) atoms. The molecule has 0 N–H and O–H groups in total. The minimum absolute atomic E-state index is 0.0725. The van der Waals surface area contributed by atoms with Crippen LogP contribution in [-0.2, 0) is 12.8 Å². The van der Waals surface area contributed by atoms with Gasteiger partial charge in [-0.15, -0.1) is 0 Å². The lowest BCUT2D eigenvalue weighted by Gasteiger charge is -2.09. The standard InChI is InChI=1S/C32H37FO2/c1-3-5-7-8-9-11-12-23-14-16-24(17-15-23)26-19-20-27-28-21-18-25(13-10-6-4-2)30(33)31(28)35-32(34)29(27)22-26/h14-22H,3-13H2,1-2H3. The SMILES string of the molecule is CCCCCCCCc1ccc(-c2ccc3c(c2)c(=O)oc2c(F)c(CCCCC)ccc23)cc1. The summed E-state index contributed by atoms with van der Waals surface area (Å²) >= 11 is 0. The van der Waals surface area contributed by atoms with Crippen molar-refractivity contribution in [3.8, 4) is 11.1 Å². The smallest absolute Gasteiger partial charge is 0.344 e. The Balaban J connectivity index is 1.54. The van der Waals surface area contributed by atoms with Crippen LogP contribution in [0.1, 0.15) is 82.8 Å². The third-order valence-corrected chi connectivity index (χ3v) is 7.06. The van der Waals surface area contributed by atoms with E-state index in [-0.39, 0.29) is 5.58 Å². The zero-order chi connectivity index (χ0) is 24.6. The molecule has 0 aliphatic heterocycles. The van der Waals surface area contributed by atoms with Gasteiger partial charge in [0.15, 0.2) is 11.4 Å². The zero-order valence-electron chi connectivity index (χ0n) is 21.2. The summed E-state index contributed by atoms with van der Waals surface area (Å²) in [5.74, 6) is -0.400. The molecule has 0 aliphatic rings. The van der Waals surface area contributed by atoms with Crippen LogP contribution < -0.4 is 5.63 Å². The van der Waals surface area contributed by atoms with Crippen molar-refractivity contribution in [1.29, 1.82) is 0 Å². The topological polar surface area (TPSA) is 30.2 Å². The van der Waals surface area contributed by atoms with Crippen LogP contribution in [0.15, 0.2) is 63.8 Å². The van der Waals surface area contributed by atoms with Gasteiger partial charge in [-0.2, -0.15) is 0 Å². The van der Waals surface area contributed by atoms with Crippen LogP contribution in [0.3, 0.4) is 0 Å². The van der Waals surface area contributed by atoms with Crippen molar-refractivity contribution in [3.63, 3.8) is 0 Å². The van der Waals surface area contributed by atoms with Crippen LogP contribution in [0.5, 0.6) is 0 Å². The van der Waals surface area contributed by atoms with Gasteiger partial charge in [0, 0.05) is 10.8 Å². The van der Waals surface area contributed by atoms with Crippen molar-refractivity contribution in [3.05, 3.63) is 82.0 Å². The zero-order valence-corrected chi connectivity index (χ0v) is 21.2. The van der Waals surface area contributed by atoms with E-state index in [0.29, 0.717) is 22.8 Å². The first-order valence-corrected chi connectivity index (χ1v) is 13.4. The third-order valence-electron chi connectivity index (χ3n) is 7.06. The van der Waals surface area contributed by atoms with Gasteiger partial charge in [0.1, 0.15) is 0 Å². The summed E-state index contributed by atoms with van der Waals surface area (Å²) in [6.07, 6.45) is 12.6. The maximum atomic E-state index is 15.1. The molecule has 0 aliphatic carbocycles. The average molecular weight is 473 g/mol. The molecule has 0 atom stereocenters. The molecule has 1 aromatic heterocycles. The van der Waals surface area contributed by atoms with E-state index in [1.165, 1.54) is 44.1 Å². The van der Waals surface area contributed by atoms with Gasteiger partial charge in [0.05, 0.1) is 5.39 Å². The first kappa shape index (κ1) is 25.2. The summed E-state index contributed by atoms with van der Waals surface area (Å²) in [5.41, 5.74) is 3.58. The highest BCUT2D eigenvalue weighted by Crippen LogP contribution is 2.30. The Labute approximate surface area is 208 Å². The van der Waals surface area contributed by atoms with Gasteiger partial charge in [-0.25, -0.2) is 9.18 Å². The summed E-state index contributed by atoms with van der Waals surface area (Å²) in [4.78, 5) is 12.8. The normalized spacial score (nSPS) is 11.5. The van der Waals surface area contributed by atoms with Crippen LogP contribution in [0, 0.1) is 5.82 Å². The van der Waals surface area contributed by atoms with E-state index in [9.17, 15) is 4.79 Å². The number of hydrogen-bond donors (Lipinski definition) is 0. The van der Waals surface area contributed by atoms with Crippen LogP contribution >= 0.6 is 0 Å². The minimum Gasteiger partial charge on any atom is -0.419 e. The monoisotopic (exact) mass is 472 g/mol.